The van der Waals surface area contributed by atoms with Gasteiger partial charge in [0, 0.05) is 4.47 Å². The van der Waals surface area contributed by atoms with Crippen molar-refractivity contribution in [3.8, 4) is 11.5 Å². The van der Waals surface area contributed by atoms with Crippen molar-refractivity contribution in [2.24, 2.45) is 0 Å². The highest BCUT2D eigenvalue weighted by Crippen LogP contribution is 2.36. The molecule has 0 aliphatic rings. The van der Waals surface area contributed by atoms with Crippen LogP contribution in [0.2, 0.25) is 0 Å². The summed E-state index contributed by atoms with van der Waals surface area (Å²) in [4.78, 5) is 11.0. The third kappa shape index (κ3) is 2.41. The maximum atomic E-state index is 11.0. The molecule has 0 radical (unpaired) electrons. The van der Waals surface area contributed by atoms with Crippen molar-refractivity contribution in [3.63, 3.8) is 0 Å². The molecule has 1 rings (SSSR count). The van der Waals surface area contributed by atoms with Crippen LogP contribution in [0.1, 0.15) is 17.3 Å². The smallest absolute Gasteiger partial charge is 0.340 e. The van der Waals surface area contributed by atoms with Gasteiger partial charge >= 0.3 is 5.97 Å². The number of methoxy groups -OCH3 is 1. The summed E-state index contributed by atoms with van der Waals surface area (Å²) in [5.74, 6) is -0.386. The molecule has 4 nitrogen and oxygen atoms in total. The predicted molar refractivity (Wildman–Crippen MR) is 58.8 cm³/mol. The zero-order chi connectivity index (χ0) is 11.4. The van der Waals surface area contributed by atoms with Crippen LogP contribution < -0.4 is 9.47 Å². The third-order valence-corrected chi connectivity index (χ3v) is 2.45. The summed E-state index contributed by atoms with van der Waals surface area (Å²) < 4.78 is 10.8. The molecule has 0 aromatic heterocycles. The van der Waals surface area contributed by atoms with Gasteiger partial charge in [-0.1, -0.05) is 0 Å². The Morgan fingerprint density at radius 1 is 1.53 bits per heavy atom. The molecular formula is C10H11BrO4. The van der Waals surface area contributed by atoms with Gasteiger partial charge in [0.1, 0.15) is 5.56 Å². The molecule has 1 aromatic rings. The average Bonchev–Trinajstić information content (AvgIpc) is 2.18. The predicted octanol–water partition coefficient (Wildman–Crippen LogP) is 2.55. The lowest BCUT2D eigenvalue weighted by molar-refractivity contribution is 0.0690. The number of carbonyl (C=O) groups is 1. The molecule has 0 amide bonds. The van der Waals surface area contributed by atoms with Crippen LogP contribution in [0, 0.1) is 0 Å². The third-order valence-electron chi connectivity index (χ3n) is 1.79. The molecule has 82 valence electrons. The second-order valence-electron chi connectivity index (χ2n) is 2.69. The van der Waals surface area contributed by atoms with Crippen LogP contribution >= 0.6 is 15.9 Å². The van der Waals surface area contributed by atoms with Crippen molar-refractivity contribution in [2.45, 2.75) is 6.92 Å². The Balaban J connectivity index is 3.36. The monoisotopic (exact) mass is 274 g/mol. The van der Waals surface area contributed by atoms with Crippen molar-refractivity contribution in [3.05, 3.63) is 22.2 Å². The minimum atomic E-state index is -1.05. The highest BCUT2D eigenvalue weighted by atomic mass is 79.9. The lowest BCUT2D eigenvalue weighted by Crippen LogP contribution is -2.05. The number of benzene rings is 1. The van der Waals surface area contributed by atoms with Gasteiger partial charge in [-0.15, -0.1) is 0 Å². The molecule has 0 aliphatic carbocycles. The molecule has 5 heteroatoms. The van der Waals surface area contributed by atoms with Gasteiger partial charge in [-0.25, -0.2) is 4.79 Å². The molecular weight excluding hydrogens is 264 g/mol. The zero-order valence-corrected chi connectivity index (χ0v) is 10.00. The normalized spacial score (nSPS) is 9.80. The molecule has 0 atom stereocenters. The van der Waals surface area contributed by atoms with E-state index >= 15 is 0 Å². The fraction of sp³-hybridized carbons (Fsp3) is 0.300. The summed E-state index contributed by atoms with van der Waals surface area (Å²) in [5.41, 5.74) is 0.0798. The average molecular weight is 275 g/mol. The van der Waals surface area contributed by atoms with Gasteiger partial charge in [-0.2, -0.15) is 0 Å². The molecule has 0 aliphatic heterocycles. The molecule has 1 aromatic carbocycles. The number of carboxylic acids is 1. The van der Waals surface area contributed by atoms with Gasteiger partial charge < -0.3 is 14.6 Å². The molecule has 0 heterocycles. The fourth-order valence-electron chi connectivity index (χ4n) is 1.19. The standard InChI is InChI=1S/C10H11BrO4/c1-3-15-9-7(14-2)5-4-6(11)8(9)10(12)13/h4-5H,3H2,1-2H3,(H,12,13). The first-order valence-electron chi connectivity index (χ1n) is 4.34. The summed E-state index contributed by atoms with van der Waals surface area (Å²) in [6.45, 7) is 2.17. The number of ether oxygens (including phenoxy) is 2. The van der Waals surface area contributed by atoms with Gasteiger partial charge in [-0.3, -0.25) is 0 Å². The summed E-state index contributed by atoms with van der Waals surface area (Å²) in [7, 11) is 1.47. The van der Waals surface area contributed by atoms with Gasteiger partial charge in [0.15, 0.2) is 11.5 Å². The Morgan fingerprint density at radius 2 is 2.20 bits per heavy atom. The number of aromatic carboxylic acids is 1. The summed E-state index contributed by atoms with van der Waals surface area (Å²) in [6, 6.07) is 3.27. The van der Waals surface area contributed by atoms with E-state index in [1.54, 1.807) is 19.1 Å². The second-order valence-corrected chi connectivity index (χ2v) is 3.55. The molecule has 0 spiro atoms. The van der Waals surface area contributed by atoms with E-state index < -0.39 is 5.97 Å². The number of halogens is 1. The topological polar surface area (TPSA) is 55.8 Å². The molecule has 0 bridgehead atoms. The minimum Gasteiger partial charge on any atom is -0.493 e. The number of carboxylic acid groups (broad SMARTS) is 1. The van der Waals surface area contributed by atoms with Crippen molar-refractivity contribution < 1.29 is 19.4 Å². The van der Waals surface area contributed by atoms with Crippen LogP contribution in [-0.2, 0) is 0 Å². The Bertz CT molecular complexity index is 376. The SMILES string of the molecule is CCOc1c(OC)ccc(Br)c1C(=O)O. The van der Waals surface area contributed by atoms with Gasteiger partial charge in [-0.05, 0) is 35.0 Å². The van der Waals surface area contributed by atoms with E-state index in [9.17, 15) is 4.79 Å². The van der Waals surface area contributed by atoms with E-state index in [1.165, 1.54) is 7.11 Å². The highest BCUT2D eigenvalue weighted by Gasteiger charge is 2.19. The summed E-state index contributed by atoms with van der Waals surface area (Å²) in [5, 5.41) is 9.03. The first kappa shape index (κ1) is 11.8. The van der Waals surface area contributed by atoms with Crippen LogP contribution in [0.25, 0.3) is 0 Å². The largest absolute Gasteiger partial charge is 0.493 e. The molecule has 0 unspecified atom stereocenters. The lowest BCUT2D eigenvalue weighted by atomic mass is 10.2. The van der Waals surface area contributed by atoms with Crippen molar-refractivity contribution in [2.75, 3.05) is 13.7 Å². The molecule has 15 heavy (non-hydrogen) atoms. The van der Waals surface area contributed by atoms with Crippen LogP contribution in [0.15, 0.2) is 16.6 Å². The summed E-state index contributed by atoms with van der Waals surface area (Å²) in [6.07, 6.45) is 0. The van der Waals surface area contributed by atoms with Crippen molar-refractivity contribution in [1.29, 1.82) is 0 Å². The van der Waals surface area contributed by atoms with Gasteiger partial charge in [0.25, 0.3) is 0 Å². The van der Waals surface area contributed by atoms with Gasteiger partial charge in [0.2, 0.25) is 0 Å². The van der Waals surface area contributed by atoms with Crippen molar-refractivity contribution in [1.82, 2.24) is 0 Å². The highest BCUT2D eigenvalue weighted by molar-refractivity contribution is 9.10. The zero-order valence-electron chi connectivity index (χ0n) is 8.41. The number of hydrogen-bond acceptors (Lipinski definition) is 3. The number of hydrogen-bond donors (Lipinski definition) is 1. The lowest BCUT2D eigenvalue weighted by Gasteiger charge is -2.12. The first-order chi connectivity index (χ1) is 7.11. The number of rotatable bonds is 4. The van der Waals surface area contributed by atoms with E-state index in [-0.39, 0.29) is 11.3 Å². The van der Waals surface area contributed by atoms with Crippen LogP contribution in [0.3, 0.4) is 0 Å². The fourth-order valence-corrected chi connectivity index (χ4v) is 1.67. The summed E-state index contributed by atoms with van der Waals surface area (Å²) >= 11 is 3.16. The Morgan fingerprint density at radius 3 is 2.67 bits per heavy atom. The minimum absolute atomic E-state index is 0.0798. The van der Waals surface area contributed by atoms with Gasteiger partial charge in [0.05, 0.1) is 13.7 Å². The maximum Gasteiger partial charge on any atom is 0.340 e. The van der Waals surface area contributed by atoms with Crippen molar-refractivity contribution >= 4 is 21.9 Å². The first-order valence-corrected chi connectivity index (χ1v) is 5.13. The Labute approximate surface area is 95.9 Å². The molecule has 0 saturated heterocycles. The maximum absolute atomic E-state index is 11.0. The van der Waals surface area contributed by atoms with Crippen LogP contribution in [-0.4, -0.2) is 24.8 Å². The van der Waals surface area contributed by atoms with E-state index in [0.29, 0.717) is 16.8 Å². The van der Waals surface area contributed by atoms with Crippen LogP contribution in [0.4, 0.5) is 0 Å². The molecule has 1 N–H and O–H groups in total. The quantitative estimate of drug-likeness (QED) is 0.917. The molecule has 0 saturated carbocycles. The second kappa shape index (κ2) is 5.02. The van der Waals surface area contributed by atoms with E-state index in [1.807, 2.05) is 0 Å². The Hall–Kier alpha value is -1.23. The van der Waals surface area contributed by atoms with E-state index in [0.717, 1.165) is 0 Å². The molecule has 0 fully saturated rings. The Kier molecular flexibility index (Phi) is 3.96. The van der Waals surface area contributed by atoms with E-state index in [2.05, 4.69) is 15.9 Å². The van der Waals surface area contributed by atoms with Crippen LogP contribution in [0.5, 0.6) is 11.5 Å². The van der Waals surface area contributed by atoms with E-state index in [4.69, 9.17) is 14.6 Å².